The summed E-state index contributed by atoms with van der Waals surface area (Å²) in [7, 11) is 0. The van der Waals surface area contributed by atoms with Crippen molar-refractivity contribution in [3.63, 3.8) is 0 Å². The van der Waals surface area contributed by atoms with Gasteiger partial charge in [0.15, 0.2) is 0 Å². The van der Waals surface area contributed by atoms with Crippen LogP contribution in [0.2, 0.25) is 0 Å². The Morgan fingerprint density at radius 2 is 1.85 bits per heavy atom. The maximum Gasteiger partial charge on any atom is 0.0236 e. The van der Waals surface area contributed by atoms with E-state index in [9.17, 15) is 0 Å². The molecule has 0 unspecified atom stereocenters. The summed E-state index contributed by atoms with van der Waals surface area (Å²) in [5.74, 6) is 0. The number of nitrogens with one attached hydrogen (secondary N) is 1. The summed E-state index contributed by atoms with van der Waals surface area (Å²) < 4.78 is 2.37. The molecule has 2 nitrogen and oxygen atoms in total. The molecule has 0 aliphatic carbocycles. The summed E-state index contributed by atoms with van der Waals surface area (Å²) in [6, 6.07) is 4.37. The quantitative estimate of drug-likeness (QED) is 0.687. The number of aromatic nitrogens is 1. The molecule has 0 fully saturated rings. The summed E-state index contributed by atoms with van der Waals surface area (Å²) in [4.78, 5) is 0. The molecule has 0 amide bonds. The maximum atomic E-state index is 3.34. The van der Waals surface area contributed by atoms with Gasteiger partial charge in [0, 0.05) is 17.9 Å². The third kappa shape index (κ3) is 2.88. The molecular formula is C11H20N2. The highest BCUT2D eigenvalue weighted by Gasteiger charge is 1.98. The molecule has 0 saturated heterocycles. The zero-order valence-electron chi connectivity index (χ0n) is 8.93. The minimum absolute atomic E-state index is 1.07. The topological polar surface area (TPSA) is 17.0 Å². The van der Waals surface area contributed by atoms with Crippen LogP contribution in [0.4, 0.5) is 0 Å². The van der Waals surface area contributed by atoms with Crippen molar-refractivity contribution in [2.24, 2.45) is 0 Å². The lowest BCUT2D eigenvalue weighted by Gasteiger charge is -2.08. The van der Waals surface area contributed by atoms with Gasteiger partial charge in [0.25, 0.3) is 0 Å². The van der Waals surface area contributed by atoms with Gasteiger partial charge in [0.05, 0.1) is 0 Å². The van der Waals surface area contributed by atoms with E-state index in [1.165, 1.54) is 17.8 Å². The van der Waals surface area contributed by atoms with E-state index in [1.54, 1.807) is 0 Å². The minimum atomic E-state index is 1.07. The molecule has 1 heterocycles. The van der Waals surface area contributed by atoms with Crippen molar-refractivity contribution in [1.29, 1.82) is 0 Å². The maximum absolute atomic E-state index is 3.34. The van der Waals surface area contributed by atoms with Crippen molar-refractivity contribution in [1.82, 2.24) is 9.88 Å². The molecule has 0 saturated carbocycles. The highest BCUT2D eigenvalue weighted by Crippen LogP contribution is 2.07. The lowest BCUT2D eigenvalue weighted by molar-refractivity contribution is 0.578. The lowest BCUT2D eigenvalue weighted by Crippen LogP contribution is -2.16. The molecule has 1 rings (SSSR count). The Morgan fingerprint density at radius 3 is 2.38 bits per heavy atom. The van der Waals surface area contributed by atoms with Gasteiger partial charge >= 0.3 is 0 Å². The predicted molar refractivity (Wildman–Crippen MR) is 57.1 cm³/mol. The minimum Gasteiger partial charge on any atom is -0.349 e. The van der Waals surface area contributed by atoms with E-state index < -0.39 is 0 Å². The van der Waals surface area contributed by atoms with Crippen molar-refractivity contribution >= 4 is 0 Å². The molecule has 0 radical (unpaired) electrons. The Balaban J connectivity index is 2.36. The molecule has 0 atom stereocenters. The van der Waals surface area contributed by atoms with Gasteiger partial charge in [0.2, 0.25) is 0 Å². The molecule has 1 N–H and O–H groups in total. The molecule has 0 aliphatic rings. The highest BCUT2D eigenvalue weighted by atomic mass is 15.0. The second kappa shape index (κ2) is 5.07. The molecule has 1 aromatic heterocycles. The van der Waals surface area contributed by atoms with E-state index in [-0.39, 0.29) is 0 Å². The van der Waals surface area contributed by atoms with E-state index in [0.29, 0.717) is 0 Å². The Kier molecular flexibility index (Phi) is 4.03. The second-order valence-electron chi connectivity index (χ2n) is 3.47. The van der Waals surface area contributed by atoms with E-state index in [4.69, 9.17) is 0 Å². The summed E-state index contributed by atoms with van der Waals surface area (Å²) in [6.45, 7) is 9.81. The molecule has 2 heteroatoms. The Labute approximate surface area is 81.0 Å². The van der Waals surface area contributed by atoms with Crippen molar-refractivity contribution in [2.45, 2.75) is 33.7 Å². The first-order valence-electron chi connectivity index (χ1n) is 5.09. The highest BCUT2D eigenvalue weighted by molar-refractivity contribution is 5.13. The summed E-state index contributed by atoms with van der Waals surface area (Å²) in [6.07, 6.45) is 1.21. The number of hydrogen-bond donors (Lipinski definition) is 1. The summed E-state index contributed by atoms with van der Waals surface area (Å²) >= 11 is 0. The van der Waals surface area contributed by atoms with Gasteiger partial charge in [-0.2, -0.15) is 0 Å². The van der Waals surface area contributed by atoms with Crippen LogP contribution in [-0.4, -0.2) is 17.7 Å². The second-order valence-corrected chi connectivity index (χ2v) is 3.47. The van der Waals surface area contributed by atoms with Crippen LogP contribution in [0.3, 0.4) is 0 Å². The Bertz CT molecular complexity index is 231. The molecule has 74 valence electrons. The van der Waals surface area contributed by atoms with Gasteiger partial charge < -0.3 is 9.88 Å². The van der Waals surface area contributed by atoms with E-state index >= 15 is 0 Å². The van der Waals surface area contributed by atoms with Crippen LogP contribution < -0.4 is 5.32 Å². The molecular weight excluding hydrogens is 160 g/mol. The molecule has 0 aliphatic heterocycles. The molecule has 0 spiro atoms. The third-order valence-electron chi connectivity index (χ3n) is 2.40. The largest absolute Gasteiger partial charge is 0.349 e. The standard InChI is InChI=1S/C11H20N2/c1-4-12-8-5-9-13-10(2)6-7-11(13)3/h6-7,12H,4-5,8-9H2,1-3H3. The van der Waals surface area contributed by atoms with Crippen molar-refractivity contribution in [3.05, 3.63) is 23.5 Å². The van der Waals surface area contributed by atoms with E-state index in [1.807, 2.05) is 0 Å². The fraction of sp³-hybridized carbons (Fsp3) is 0.636. The zero-order chi connectivity index (χ0) is 9.68. The average Bonchev–Trinajstić information content (AvgIpc) is 2.42. The first-order valence-corrected chi connectivity index (χ1v) is 5.09. The van der Waals surface area contributed by atoms with Gasteiger partial charge in [-0.05, 0) is 45.5 Å². The average molecular weight is 180 g/mol. The fourth-order valence-corrected chi connectivity index (χ4v) is 1.59. The van der Waals surface area contributed by atoms with E-state index in [2.05, 4.69) is 42.8 Å². The first-order chi connectivity index (χ1) is 6.25. The first kappa shape index (κ1) is 10.3. The van der Waals surface area contributed by atoms with Crippen LogP contribution in [0.1, 0.15) is 24.7 Å². The molecule has 13 heavy (non-hydrogen) atoms. The van der Waals surface area contributed by atoms with Gasteiger partial charge in [0.1, 0.15) is 0 Å². The van der Waals surface area contributed by atoms with Crippen LogP contribution >= 0.6 is 0 Å². The Hall–Kier alpha value is -0.760. The van der Waals surface area contributed by atoms with Gasteiger partial charge in [-0.1, -0.05) is 6.92 Å². The molecule has 0 aromatic carbocycles. The number of rotatable bonds is 5. The van der Waals surface area contributed by atoms with Crippen LogP contribution in [0.15, 0.2) is 12.1 Å². The van der Waals surface area contributed by atoms with Crippen LogP contribution in [-0.2, 0) is 6.54 Å². The lowest BCUT2D eigenvalue weighted by atomic mass is 10.4. The van der Waals surface area contributed by atoms with Crippen LogP contribution in [0, 0.1) is 13.8 Å². The predicted octanol–water partition coefficient (Wildman–Crippen LogP) is 2.10. The number of hydrogen-bond acceptors (Lipinski definition) is 1. The molecule has 1 aromatic rings. The number of aryl methyl sites for hydroxylation is 2. The van der Waals surface area contributed by atoms with Crippen LogP contribution in [0.25, 0.3) is 0 Å². The fourth-order valence-electron chi connectivity index (χ4n) is 1.59. The van der Waals surface area contributed by atoms with Crippen molar-refractivity contribution in [3.8, 4) is 0 Å². The molecule has 0 bridgehead atoms. The summed E-state index contributed by atoms with van der Waals surface area (Å²) in [5, 5.41) is 3.34. The van der Waals surface area contributed by atoms with Gasteiger partial charge in [-0.15, -0.1) is 0 Å². The third-order valence-corrected chi connectivity index (χ3v) is 2.40. The zero-order valence-corrected chi connectivity index (χ0v) is 8.93. The smallest absolute Gasteiger partial charge is 0.0236 e. The van der Waals surface area contributed by atoms with E-state index in [0.717, 1.165) is 19.6 Å². The SMILES string of the molecule is CCNCCCn1c(C)ccc1C. The van der Waals surface area contributed by atoms with Gasteiger partial charge in [-0.3, -0.25) is 0 Å². The van der Waals surface area contributed by atoms with Crippen molar-refractivity contribution in [2.75, 3.05) is 13.1 Å². The summed E-state index contributed by atoms with van der Waals surface area (Å²) in [5.41, 5.74) is 2.74. The normalized spacial score (nSPS) is 10.7. The van der Waals surface area contributed by atoms with Crippen LogP contribution in [0.5, 0.6) is 0 Å². The van der Waals surface area contributed by atoms with Gasteiger partial charge in [-0.25, -0.2) is 0 Å². The monoisotopic (exact) mass is 180 g/mol. The number of nitrogens with zero attached hydrogens (tertiary/aromatic N) is 1. The Morgan fingerprint density at radius 1 is 1.23 bits per heavy atom. The van der Waals surface area contributed by atoms with Crippen molar-refractivity contribution < 1.29 is 0 Å².